The van der Waals surface area contributed by atoms with Gasteiger partial charge in [-0.1, -0.05) is 4.98 Å². The summed E-state index contributed by atoms with van der Waals surface area (Å²) < 4.78 is 115. The Balaban J connectivity index is 2.79. The molecule has 9 nitrogen and oxygen atoms in total. The summed E-state index contributed by atoms with van der Waals surface area (Å²) in [5.41, 5.74) is 10.9. The van der Waals surface area contributed by atoms with E-state index in [-0.39, 0.29) is 9.63 Å². The monoisotopic (exact) mass is 299 g/mol. The molecule has 1 aromatic heterocycles. The first-order valence-electron chi connectivity index (χ1n) is 9.57. The molecule has 0 spiro atoms. The van der Waals surface area contributed by atoms with E-state index in [0.29, 0.717) is 6.07 Å². The van der Waals surface area contributed by atoms with Gasteiger partial charge in [-0.25, -0.2) is 4.28 Å². The average Bonchev–Trinajstić information content (AvgIpc) is 2.48. The molecule has 1 fully saturated rings. The molecule has 2 heterocycles. The molecule has 0 atom stereocenters. The van der Waals surface area contributed by atoms with Crippen molar-refractivity contribution in [1.82, 2.24) is 4.98 Å². The Kier molecular flexibility index (Phi) is 1.51. The zero-order valence-corrected chi connectivity index (χ0v) is 9.93. The van der Waals surface area contributed by atoms with Gasteiger partial charge in [-0.3, -0.25) is 0 Å². The second-order valence-corrected chi connectivity index (χ2v) is 4.07. The molecular weight excluding hydrogens is 274 g/mol. The first-order valence-corrected chi connectivity index (χ1v) is 5.90. The fourth-order valence-corrected chi connectivity index (χ4v) is 1.49. The van der Waals surface area contributed by atoms with E-state index in [4.69, 9.17) is 25.2 Å². The minimum atomic E-state index is -5.38. The molecule has 0 bridgehead atoms. The molecule has 1 aromatic rings. The first kappa shape index (κ1) is 5.67. The SMILES string of the molecule is [2H]C1([2H])N(c2cc(N)[n+](OS(=O)(=O)[O-])c(N)n2)C([2H])([2H])C([2H])([2H])C([2H])([2H])C1([2H])[2H]. The third-order valence-electron chi connectivity index (χ3n) is 1.80. The largest absolute Gasteiger partial charge is 0.714 e. The second kappa shape index (κ2) is 5.05. The van der Waals surface area contributed by atoms with Crippen LogP contribution < -0.4 is 25.4 Å². The van der Waals surface area contributed by atoms with Crippen LogP contribution in [0, 0.1) is 0 Å². The highest BCUT2D eigenvalue weighted by molar-refractivity contribution is 7.80. The van der Waals surface area contributed by atoms with Crippen LogP contribution in [0.25, 0.3) is 0 Å². The van der Waals surface area contributed by atoms with Crippen molar-refractivity contribution in [3.8, 4) is 0 Å². The van der Waals surface area contributed by atoms with Crippen molar-refractivity contribution >= 4 is 28.0 Å². The van der Waals surface area contributed by atoms with Gasteiger partial charge in [0, 0.05) is 26.7 Å². The van der Waals surface area contributed by atoms with E-state index in [1.165, 1.54) is 0 Å². The molecule has 0 saturated carbocycles. The minimum Gasteiger partial charge on any atom is -0.714 e. The van der Waals surface area contributed by atoms with Gasteiger partial charge in [-0.2, -0.15) is 8.42 Å². The van der Waals surface area contributed by atoms with Gasteiger partial charge >= 0.3 is 5.95 Å². The zero-order valence-electron chi connectivity index (χ0n) is 19.1. The van der Waals surface area contributed by atoms with E-state index in [0.717, 1.165) is 0 Å². The highest BCUT2D eigenvalue weighted by Gasteiger charge is 2.21. The summed E-state index contributed by atoms with van der Waals surface area (Å²) in [5.74, 6) is -2.73. The fourth-order valence-electron chi connectivity index (χ4n) is 1.15. The molecule has 0 aromatic carbocycles. The van der Waals surface area contributed by atoms with E-state index in [1.807, 2.05) is 0 Å². The molecule has 1 aliphatic rings. The topological polar surface area (TPSA) is 138 Å². The zero-order chi connectivity index (χ0) is 23.0. The Bertz CT molecular complexity index is 902. The van der Waals surface area contributed by atoms with Gasteiger partial charge < -0.3 is 20.9 Å². The number of aromatic nitrogens is 2. The van der Waals surface area contributed by atoms with E-state index in [2.05, 4.69) is 9.27 Å². The van der Waals surface area contributed by atoms with Crippen molar-refractivity contribution in [3.63, 3.8) is 0 Å². The molecule has 1 aliphatic heterocycles. The normalized spacial score (nSPS) is 37.4. The van der Waals surface area contributed by atoms with Crippen molar-refractivity contribution < 1.29 is 35.7 Å². The summed E-state index contributed by atoms with van der Waals surface area (Å²) in [6, 6.07) is 0.546. The average molecular weight is 299 g/mol. The van der Waals surface area contributed by atoms with E-state index in [9.17, 15) is 13.0 Å². The predicted molar refractivity (Wildman–Crippen MR) is 65.6 cm³/mol. The lowest BCUT2D eigenvalue weighted by molar-refractivity contribution is -0.835. The Morgan fingerprint density at radius 3 is 2.58 bits per heavy atom. The lowest BCUT2D eigenvalue weighted by Crippen LogP contribution is -2.51. The van der Waals surface area contributed by atoms with Gasteiger partial charge in [0.1, 0.15) is 0 Å². The molecule has 106 valence electrons. The van der Waals surface area contributed by atoms with Crippen molar-refractivity contribution in [2.75, 3.05) is 29.4 Å². The summed E-state index contributed by atoms with van der Waals surface area (Å²) in [6.07, 6.45) is -10.9. The molecule has 1 saturated heterocycles. The van der Waals surface area contributed by atoms with Crippen LogP contribution >= 0.6 is 0 Å². The molecule has 0 radical (unpaired) electrons. The van der Waals surface area contributed by atoms with Crippen LogP contribution in [-0.4, -0.2) is 30.9 Å². The van der Waals surface area contributed by atoms with Crippen LogP contribution in [0.4, 0.5) is 17.6 Å². The number of hydrogen-bond donors (Lipinski definition) is 2. The van der Waals surface area contributed by atoms with Crippen LogP contribution in [0.3, 0.4) is 0 Å². The van der Waals surface area contributed by atoms with Crippen LogP contribution in [-0.2, 0) is 10.4 Å². The van der Waals surface area contributed by atoms with Gasteiger partial charge in [0.2, 0.25) is 5.82 Å². The highest BCUT2D eigenvalue weighted by Crippen LogP contribution is 2.18. The highest BCUT2D eigenvalue weighted by atomic mass is 32.3. The van der Waals surface area contributed by atoms with E-state index in [1.54, 1.807) is 0 Å². The van der Waals surface area contributed by atoms with Crippen molar-refractivity contribution in [1.29, 1.82) is 0 Å². The molecule has 2 rings (SSSR count). The fraction of sp³-hybridized carbons (Fsp3) is 0.556. The number of anilines is 3. The first-order chi connectivity index (χ1) is 12.6. The third kappa shape index (κ3) is 3.35. The molecule has 4 N–H and O–H groups in total. The van der Waals surface area contributed by atoms with Gasteiger partial charge in [-0.05, 0) is 23.8 Å². The van der Waals surface area contributed by atoms with E-state index >= 15 is 0 Å². The molecule has 0 unspecified atom stereocenters. The van der Waals surface area contributed by atoms with Gasteiger partial charge in [0.15, 0.2) is 5.82 Å². The van der Waals surface area contributed by atoms with Gasteiger partial charge in [-0.15, -0.1) is 0 Å². The summed E-state index contributed by atoms with van der Waals surface area (Å²) in [5, 5.41) is 0. The lowest BCUT2D eigenvalue weighted by atomic mass is 10.1. The molecular formula is C9H15N5O4S. The Hall–Kier alpha value is -1.81. The maximum Gasteiger partial charge on any atom is 0.385 e. The predicted octanol–water partition coefficient (Wildman–Crippen LogP) is -1.59. The number of nitrogens with two attached hydrogens (primary N) is 2. The maximum atomic E-state index is 10.7. The summed E-state index contributed by atoms with van der Waals surface area (Å²) in [6.45, 7) is -7.09. The Labute approximate surface area is 124 Å². The van der Waals surface area contributed by atoms with Gasteiger partial charge in [0.05, 0.1) is 6.07 Å². The maximum absolute atomic E-state index is 10.7. The number of nitrogen functional groups attached to an aromatic ring is 2. The molecule has 0 aliphatic carbocycles. The smallest absolute Gasteiger partial charge is 0.385 e. The standard InChI is InChI=1S/C9H15N5O4S/c10-7-6-8(13-4-2-1-3-5-13)12-9(11)14(7)18-19(15,16)17/h6H,1-5H2,(H4,10,11,12,15,16,17)/i1D2,2D2,3D2,4D2,5D2. The molecule has 19 heavy (non-hydrogen) atoms. The molecule has 10 heteroatoms. The summed E-state index contributed by atoms with van der Waals surface area (Å²) >= 11 is 0. The number of nitrogens with zero attached hydrogens (tertiary/aromatic N) is 3. The van der Waals surface area contributed by atoms with Crippen molar-refractivity contribution in [2.24, 2.45) is 0 Å². The molecule has 0 amide bonds. The van der Waals surface area contributed by atoms with Crippen LogP contribution in [0.5, 0.6) is 0 Å². The minimum absolute atomic E-state index is 0.0173. The summed E-state index contributed by atoms with van der Waals surface area (Å²) in [7, 11) is -5.38. The van der Waals surface area contributed by atoms with Crippen LogP contribution in [0.15, 0.2) is 6.07 Å². The van der Waals surface area contributed by atoms with Crippen LogP contribution in [0.2, 0.25) is 0 Å². The van der Waals surface area contributed by atoms with Crippen LogP contribution in [0.1, 0.15) is 32.8 Å². The number of hydrogen-bond acceptors (Lipinski definition) is 8. The Morgan fingerprint density at radius 1 is 1.42 bits per heavy atom. The Morgan fingerprint density at radius 2 is 2.05 bits per heavy atom. The number of rotatable bonds is 3. The quantitative estimate of drug-likeness (QED) is 0.387. The van der Waals surface area contributed by atoms with Crippen molar-refractivity contribution in [3.05, 3.63) is 6.07 Å². The second-order valence-electron chi connectivity index (χ2n) is 3.11. The van der Waals surface area contributed by atoms with E-state index < -0.39 is 60.1 Å². The third-order valence-corrected chi connectivity index (χ3v) is 2.14. The summed E-state index contributed by atoms with van der Waals surface area (Å²) in [4.78, 5) is 3.30. The van der Waals surface area contributed by atoms with Crippen molar-refractivity contribution in [2.45, 2.75) is 19.1 Å². The van der Waals surface area contributed by atoms with Gasteiger partial charge in [0.25, 0.3) is 10.4 Å². The number of piperidine rings is 1. The lowest BCUT2D eigenvalue weighted by Gasteiger charge is -2.26.